The fourth-order valence-electron chi connectivity index (χ4n) is 2.98. The van der Waals surface area contributed by atoms with Gasteiger partial charge in [0.2, 0.25) is 0 Å². The van der Waals surface area contributed by atoms with Gasteiger partial charge in [0.05, 0.1) is 26.1 Å². The second-order valence-electron chi connectivity index (χ2n) is 5.26. The van der Waals surface area contributed by atoms with Crippen LogP contribution >= 0.6 is 15.9 Å². The largest absolute Gasteiger partial charge is 0.309 e. The topological polar surface area (TPSA) is 48.1 Å². The normalized spacial score (nSPS) is 11.2. The minimum Gasteiger partial charge on any atom is -0.309 e. The van der Waals surface area contributed by atoms with Crippen molar-refractivity contribution in [3.05, 3.63) is 81.3 Å². The Kier molecular flexibility index (Phi) is 3.16. The van der Waals surface area contributed by atoms with Crippen molar-refractivity contribution in [3.8, 4) is 5.69 Å². The summed E-state index contributed by atoms with van der Waals surface area (Å²) in [7, 11) is 0. The van der Waals surface area contributed by atoms with Gasteiger partial charge in [0.15, 0.2) is 0 Å². The number of nitro benzene ring substituents is 1. The molecule has 23 heavy (non-hydrogen) atoms. The number of nitrogens with zero attached hydrogens (tertiary/aromatic N) is 2. The number of rotatable bonds is 2. The van der Waals surface area contributed by atoms with Crippen LogP contribution in [0.2, 0.25) is 0 Å². The first-order valence-corrected chi connectivity index (χ1v) is 7.88. The van der Waals surface area contributed by atoms with E-state index in [1.807, 2.05) is 42.5 Å². The third kappa shape index (κ3) is 2.12. The van der Waals surface area contributed by atoms with Crippen molar-refractivity contribution < 1.29 is 4.92 Å². The molecule has 0 saturated carbocycles. The van der Waals surface area contributed by atoms with E-state index in [-0.39, 0.29) is 10.6 Å². The Balaban J connectivity index is 2.12. The zero-order valence-corrected chi connectivity index (χ0v) is 13.5. The molecule has 0 bridgehead atoms. The Hall–Kier alpha value is -2.66. The van der Waals surface area contributed by atoms with Crippen molar-refractivity contribution in [1.29, 1.82) is 0 Å². The van der Waals surface area contributed by atoms with Crippen LogP contribution in [0.4, 0.5) is 5.69 Å². The molecule has 0 aliphatic rings. The third-order valence-corrected chi connectivity index (χ3v) is 4.64. The number of halogens is 1. The van der Waals surface area contributed by atoms with Gasteiger partial charge in [-0.25, -0.2) is 0 Å². The third-order valence-electron chi connectivity index (χ3n) is 3.96. The van der Waals surface area contributed by atoms with E-state index in [2.05, 4.69) is 32.6 Å². The number of para-hydroxylation sites is 2. The summed E-state index contributed by atoms with van der Waals surface area (Å²) >= 11 is 3.24. The summed E-state index contributed by atoms with van der Waals surface area (Å²) in [5.41, 5.74) is 2.90. The van der Waals surface area contributed by atoms with Crippen molar-refractivity contribution in [3.63, 3.8) is 0 Å². The van der Waals surface area contributed by atoms with Crippen molar-refractivity contribution in [2.45, 2.75) is 0 Å². The monoisotopic (exact) mass is 366 g/mol. The van der Waals surface area contributed by atoms with E-state index in [9.17, 15) is 10.1 Å². The molecule has 0 saturated heterocycles. The fraction of sp³-hybridized carbons (Fsp3) is 0. The molecule has 5 heteroatoms. The lowest BCUT2D eigenvalue weighted by molar-refractivity contribution is -0.385. The molecule has 0 amide bonds. The number of hydrogen-bond donors (Lipinski definition) is 0. The van der Waals surface area contributed by atoms with Crippen LogP contribution in [0.5, 0.6) is 0 Å². The Bertz CT molecular complexity index is 1020. The van der Waals surface area contributed by atoms with Crippen molar-refractivity contribution in [2.75, 3.05) is 0 Å². The van der Waals surface area contributed by atoms with Crippen LogP contribution in [-0.2, 0) is 0 Å². The maximum atomic E-state index is 11.2. The van der Waals surface area contributed by atoms with Crippen LogP contribution in [-0.4, -0.2) is 9.49 Å². The number of fused-ring (bicyclic) bond motifs is 3. The molecule has 1 heterocycles. The highest BCUT2D eigenvalue weighted by atomic mass is 79.9. The molecule has 1 aromatic heterocycles. The molecular formula is C18H11BrN2O2. The zero-order valence-electron chi connectivity index (χ0n) is 11.9. The molecule has 0 N–H and O–H groups in total. The molecule has 0 radical (unpaired) electrons. The van der Waals surface area contributed by atoms with E-state index in [1.54, 1.807) is 12.1 Å². The van der Waals surface area contributed by atoms with Gasteiger partial charge < -0.3 is 4.57 Å². The Morgan fingerprint density at radius 2 is 1.43 bits per heavy atom. The summed E-state index contributed by atoms with van der Waals surface area (Å²) in [6, 6.07) is 21.4. The second-order valence-corrected chi connectivity index (χ2v) is 6.12. The molecule has 4 nitrogen and oxygen atoms in total. The predicted octanol–water partition coefficient (Wildman–Crippen LogP) is 5.45. The van der Waals surface area contributed by atoms with Crippen molar-refractivity contribution >= 4 is 43.4 Å². The molecule has 0 spiro atoms. The summed E-state index contributed by atoms with van der Waals surface area (Å²) in [6.45, 7) is 0. The summed E-state index contributed by atoms with van der Waals surface area (Å²) in [5, 5.41) is 13.5. The van der Waals surface area contributed by atoms with Gasteiger partial charge in [-0.15, -0.1) is 0 Å². The number of benzene rings is 3. The quantitative estimate of drug-likeness (QED) is 0.349. The first-order chi connectivity index (χ1) is 11.2. The van der Waals surface area contributed by atoms with Gasteiger partial charge in [-0.3, -0.25) is 10.1 Å². The van der Waals surface area contributed by atoms with E-state index in [0.717, 1.165) is 27.5 Å². The minimum atomic E-state index is -0.374. The van der Waals surface area contributed by atoms with Gasteiger partial charge in [0, 0.05) is 16.8 Å². The van der Waals surface area contributed by atoms with Gasteiger partial charge in [-0.05, 0) is 40.2 Å². The fourth-order valence-corrected chi connectivity index (χ4v) is 3.37. The molecule has 0 atom stereocenters. The first-order valence-electron chi connectivity index (χ1n) is 7.09. The second kappa shape index (κ2) is 5.21. The standard InChI is InChI=1S/C18H11BrN2O2/c19-15-10-9-12(11-18(15)21(22)23)20-16-7-3-1-5-13(16)14-6-2-4-8-17(14)20/h1-11H. The van der Waals surface area contributed by atoms with Crippen molar-refractivity contribution in [2.24, 2.45) is 0 Å². The summed E-state index contributed by atoms with van der Waals surface area (Å²) in [4.78, 5) is 10.9. The summed E-state index contributed by atoms with van der Waals surface area (Å²) in [6.07, 6.45) is 0. The molecule has 112 valence electrons. The maximum absolute atomic E-state index is 11.2. The lowest BCUT2D eigenvalue weighted by Gasteiger charge is -2.08. The smallest absolute Gasteiger partial charge is 0.285 e. The van der Waals surface area contributed by atoms with Gasteiger partial charge >= 0.3 is 0 Å². The molecule has 0 aliphatic heterocycles. The molecule has 0 fully saturated rings. The SMILES string of the molecule is O=[N+]([O-])c1cc(-n2c3ccccc3c3ccccc32)ccc1Br. The van der Waals surface area contributed by atoms with Crippen LogP contribution in [0, 0.1) is 10.1 Å². The van der Waals surface area contributed by atoms with E-state index in [4.69, 9.17) is 0 Å². The Labute approximate surface area is 140 Å². The van der Waals surface area contributed by atoms with Gasteiger partial charge in [-0.1, -0.05) is 36.4 Å². The highest BCUT2D eigenvalue weighted by molar-refractivity contribution is 9.10. The van der Waals surface area contributed by atoms with Crippen molar-refractivity contribution in [1.82, 2.24) is 4.57 Å². The van der Waals surface area contributed by atoms with Gasteiger partial charge in [0.25, 0.3) is 5.69 Å². The van der Waals surface area contributed by atoms with Crippen LogP contribution < -0.4 is 0 Å². The van der Waals surface area contributed by atoms with Gasteiger partial charge in [-0.2, -0.15) is 0 Å². The highest BCUT2D eigenvalue weighted by Crippen LogP contribution is 2.34. The van der Waals surface area contributed by atoms with Crippen LogP contribution in [0.15, 0.2) is 71.2 Å². The lowest BCUT2D eigenvalue weighted by Crippen LogP contribution is -1.96. The van der Waals surface area contributed by atoms with E-state index in [0.29, 0.717) is 4.47 Å². The molecule has 0 unspecified atom stereocenters. The molecule has 4 aromatic rings. The lowest BCUT2D eigenvalue weighted by atomic mass is 10.2. The van der Waals surface area contributed by atoms with E-state index >= 15 is 0 Å². The van der Waals surface area contributed by atoms with Crippen LogP contribution in [0.3, 0.4) is 0 Å². The maximum Gasteiger partial charge on any atom is 0.285 e. The number of aromatic nitrogens is 1. The Morgan fingerprint density at radius 3 is 2.00 bits per heavy atom. The molecular weight excluding hydrogens is 356 g/mol. The minimum absolute atomic E-state index is 0.0596. The van der Waals surface area contributed by atoms with Gasteiger partial charge in [0.1, 0.15) is 0 Å². The van der Waals surface area contributed by atoms with E-state index in [1.165, 1.54) is 0 Å². The zero-order chi connectivity index (χ0) is 16.0. The Morgan fingerprint density at radius 1 is 0.870 bits per heavy atom. The first kappa shape index (κ1) is 14.0. The summed E-state index contributed by atoms with van der Waals surface area (Å²) in [5.74, 6) is 0. The molecule has 4 rings (SSSR count). The highest BCUT2D eigenvalue weighted by Gasteiger charge is 2.16. The van der Waals surface area contributed by atoms with E-state index < -0.39 is 0 Å². The number of hydrogen-bond acceptors (Lipinski definition) is 2. The summed E-state index contributed by atoms with van der Waals surface area (Å²) < 4.78 is 2.54. The average molecular weight is 367 g/mol. The number of nitro groups is 1. The average Bonchev–Trinajstić information content (AvgIpc) is 2.90. The molecule has 3 aromatic carbocycles. The molecule has 0 aliphatic carbocycles. The van der Waals surface area contributed by atoms with Crippen LogP contribution in [0.1, 0.15) is 0 Å². The predicted molar refractivity (Wildman–Crippen MR) is 95.1 cm³/mol. The van der Waals surface area contributed by atoms with Crippen LogP contribution in [0.25, 0.3) is 27.5 Å².